The van der Waals surface area contributed by atoms with Crippen molar-refractivity contribution in [3.8, 4) is 5.75 Å². The van der Waals surface area contributed by atoms with Crippen LogP contribution in [0.5, 0.6) is 5.75 Å². The van der Waals surface area contributed by atoms with Gasteiger partial charge in [-0.25, -0.2) is 13.8 Å². The van der Waals surface area contributed by atoms with Crippen molar-refractivity contribution < 1.29 is 28.2 Å². The maximum atomic E-state index is 14.2. The van der Waals surface area contributed by atoms with E-state index in [0.29, 0.717) is 18.5 Å². The number of hydrogen-bond donors (Lipinski definition) is 1. The Morgan fingerprint density at radius 2 is 1.97 bits per heavy atom. The first-order valence-electron chi connectivity index (χ1n) is 10.2. The lowest BCUT2D eigenvalue weighted by Gasteiger charge is -2.25. The van der Waals surface area contributed by atoms with Crippen LogP contribution in [0.25, 0.3) is 5.76 Å². The van der Waals surface area contributed by atoms with Gasteiger partial charge in [0.15, 0.2) is 11.6 Å². The van der Waals surface area contributed by atoms with Gasteiger partial charge in [-0.1, -0.05) is 12.1 Å². The van der Waals surface area contributed by atoms with Gasteiger partial charge in [-0.15, -0.1) is 0 Å². The van der Waals surface area contributed by atoms with E-state index in [2.05, 4.69) is 4.98 Å². The summed E-state index contributed by atoms with van der Waals surface area (Å²) >= 11 is 0. The van der Waals surface area contributed by atoms with Crippen LogP contribution in [0.15, 0.2) is 66.8 Å². The Bertz CT molecular complexity index is 1220. The average Bonchev–Trinajstić information content (AvgIpc) is 3.41. The number of ether oxygens (including phenoxy) is 1. The molecule has 3 aromatic rings. The SMILES string of the molecule is COc1ccc(/C(O)=C2\C(=O)C(=O)N(CCCn3ccnc3)[C@@H]2c2cccc(F)c2)cc1F. The van der Waals surface area contributed by atoms with Gasteiger partial charge in [-0.3, -0.25) is 9.59 Å². The first-order valence-corrected chi connectivity index (χ1v) is 10.2. The number of likely N-dealkylation sites (tertiary alicyclic amines) is 1. The predicted molar refractivity (Wildman–Crippen MR) is 115 cm³/mol. The molecule has 0 saturated carbocycles. The smallest absolute Gasteiger partial charge is 0.295 e. The topological polar surface area (TPSA) is 84.7 Å². The number of methoxy groups -OCH3 is 1. The molecule has 1 aliphatic rings. The number of benzene rings is 2. The van der Waals surface area contributed by atoms with Crippen molar-refractivity contribution in [2.45, 2.75) is 19.0 Å². The van der Waals surface area contributed by atoms with Gasteiger partial charge in [0.25, 0.3) is 11.7 Å². The summed E-state index contributed by atoms with van der Waals surface area (Å²) < 4.78 is 35.0. The molecule has 7 nitrogen and oxygen atoms in total. The lowest BCUT2D eigenvalue weighted by atomic mass is 9.95. The zero-order valence-electron chi connectivity index (χ0n) is 17.7. The Hall–Kier alpha value is -4.01. The molecule has 9 heteroatoms. The number of aryl methyl sites for hydroxylation is 1. The van der Waals surface area contributed by atoms with Gasteiger partial charge in [0.05, 0.1) is 25.1 Å². The van der Waals surface area contributed by atoms with Crippen molar-refractivity contribution in [2.24, 2.45) is 0 Å². The molecule has 1 aliphatic heterocycles. The van der Waals surface area contributed by atoms with Crippen molar-refractivity contribution >= 4 is 17.4 Å². The number of halogens is 2. The fourth-order valence-electron chi connectivity index (χ4n) is 3.95. The Balaban J connectivity index is 1.75. The molecule has 2 aromatic carbocycles. The minimum absolute atomic E-state index is 0.00567. The molecule has 2 heterocycles. The van der Waals surface area contributed by atoms with E-state index in [4.69, 9.17) is 4.74 Å². The van der Waals surface area contributed by atoms with Gasteiger partial charge < -0.3 is 19.3 Å². The molecular weight excluding hydrogens is 432 g/mol. The lowest BCUT2D eigenvalue weighted by Crippen LogP contribution is -2.31. The zero-order chi connectivity index (χ0) is 23.5. The highest BCUT2D eigenvalue weighted by molar-refractivity contribution is 6.46. The molecule has 1 atom stereocenters. The number of amides is 1. The molecule has 0 aliphatic carbocycles. The highest BCUT2D eigenvalue weighted by atomic mass is 19.1. The molecular formula is C24H21F2N3O4. The Labute approximate surface area is 188 Å². The number of hydrogen-bond acceptors (Lipinski definition) is 5. The quantitative estimate of drug-likeness (QED) is 0.335. The second kappa shape index (κ2) is 9.23. The van der Waals surface area contributed by atoms with Crippen LogP contribution in [0.1, 0.15) is 23.6 Å². The second-order valence-corrected chi connectivity index (χ2v) is 7.55. The van der Waals surface area contributed by atoms with Crippen LogP contribution in [0.2, 0.25) is 0 Å². The molecule has 1 saturated heterocycles. The Morgan fingerprint density at radius 1 is 1.15 bits per heavy atom. The van der Waals surface area contributed by atoms with Crippen LogP contribution in [0, 0.1) is 11.6 Å². The summed E-state index contributed by atoms with van der Waals surface area (Å²) in [6, 6.07) is 8.18. The number of rotatable bonds is 7. The summed E-state index contributed by atoms with van der Waals surface area (Å²) in [5, 5.41) is 11.0. The summed E-state index contributed by atoms with van der Waals surface area (Å²) in [6.45, 7) is 0.722. The zero-order valence-corrected chi connectivity index (χ0v) is 17.7. The fraction of sp³-hybridized carbons (Fsp3) is 0.208. The number of Topliss-reactive ketones (excluding diaryl/α,β-unsaturated/α-hetero) is 1. The number of ketones is 1. The van der Waals surface area contributed by atoms with Gasteiger partial charge in [0, 0.05) is 31.0 Å². The molecule has 1 amide bonds. The van der Waals surface area contributed by atoms with Crippen LogP contribution in [0.3, 0.4) is 0 Å². The lowest BCUT2D eigenvalue weighted by molar-refractivity contribution is -0.139. The average molecular weight is 453 g/mol. The van der Waals surface area contributed by atoms with Crippen LogP contribution in [-0.4, -0.2) is 44.9 Å². The van der Waals surface area contributed by atoms with Crippen LogP contribution in [0.4, 0.5) is 8.78 Å². The molecule has 1 aromatic heterocycles. The molecule has 170 valence electrons. The Kier molecular flexibility index (Phi) is 6.21. The summed E-state index contributed by atoms with van der Waals surface area (Å²) in [7, 11) is 1.30. The van der Waals surface area contributed by atoms with Crippen LogP contribution >= 0.6 is 0 Å². The highest BCUT2D eigenvalue weighted by Crippen LogP contribution is 2.40. The van der Waals surface area contributed by atoms with E-state index in [1.54, 1.807) is 24.8 Å². The third-order valence-electron chi connectivity index (χ3n) is 5.50. The van der Waals surface area contributed by atoms with E-state index in [1.807, 2.05) is 4.57 Å². The molecule has 33 heavy (non-hydrogen) atoms. The van der Waals surface area contributed by atoms with E-state index in [9.17, 15) is 23.5 Å². The van der Waals surface area contributed by atoms with Gasteiger partial charge in [-0.2, -0.15) is 0 Å². The molecule has 0 unspecified atom stereocenters. The molecule has 0 bridgehead atoms. The van der Waals surface area contributed by atoms with Crippen molar-refractivity contribution in [1.82, 2.24) is 14.5 Å². The summed E-state index contributed by atoms with van der Waals surface area (Å²) in [4.78, 5) is 31.1. The molecule has 0 spiro atoms. The standard InChI is InChI=1S/C24H21F2N3O4/c1-33-19-7-6-16(13-18(19)26)22(30)20-21(15-4-2-5-17(25)12-15)29(24(32)23(20)31)10-3-9-28-11-8-27-14-28/h2,4-8,11-14,21,30H,3,9-10H2,1H3/b22-20+/t21-/m1/s1. The molecule has 0 radical (unpaired) electrons. The van der Waals surface area contributed by atoms with Crippen LogP contribution in [-0.2, 0) is 16.1 Å². The number of aromatic nitrogens is 2. The summed E-state index contributed by atoms with van der Waals surface area (Å²) in [5.41, 5.74) is 0.108. The maximum absolute atomic E-state index is 14.2. The molecule has 1 N–H and O–H groups in total. The minimum Gasteiger partial charge on any atom is -0.507 e. The molecule has 4 rings (SSSR count). The molecule has 1 fully saturated rings. The number of carbonyl (C=O) groups is 2. The largest absolute Gasteiger partial charge is 0.507 e. The van der Waals surface area contributed by atoms with Crippen molar-refractivity contribution in [2.75, 3.05) is 13.7 Å². The monoisotopic (exact) mass is 453 g/mol. The van der Waals surface area contributed by atoms with Crippen molar-refractivity contribution in [1.29, 1.82) is 0 Å². The normalized spacial score (nSPS) is 17.5. The minimum atomic E-state index is -1.02. The van der Waals surface area contributed by atoms with Gasteiger partial charge in [0.1, 0.15) is 11.6 Å². The summed E-state index contributed by atoms with van der Waals surface area (Å²) in [5.74, 6) is -3.59. The fourth-order valence-corrected chi connectivity index (χ4v) is 3.95. The maximum Gasteiger partial charge on any atom is 0.295 e. The third-order valence-corrected chi connectivity index (χ3v) is 5.50. The number of aliphatic hydroxyl groups is 1. The van der Waals surface area contributed by atoms with E-state index in [1.165, 1.54) is 42.3 Å². The van der Waals surface area contributed by atoms with Crippen molar-refractivity contribution in [3.63, 3.8) is 0 Å². The number of nitrogens with zero attached hydrogens (tertiary/aromatic N) is 3. The van der Waals surface area contributed by atoms with Gasteiger partial charge in [0.2, 0.25) is 0 Å². The van der Waals surface area contributed by atoms with Gasteiger partial charge in [-0.05, 0) is 42.3 Å². The predicted octanol–water partition coefficient (Wildman–Crippen LogP) is 3.68. The van der Waals surface area contributed by atoms with E-state index in [-0.39, 0.29) is 23.4 Å². The number of carbonyl (C=O) groups excluding carboxylic acids is 2. The number of aliphatic hydroxyl groups excluding tert-OH is 1. The van der Waals surface area contributed by atoms with Crippen molar-refractivity contribution in [3.05, 3.63) is 89.5 Å². The van der Waals surface area contributed by atoms with Crippen LogP contribution < -0.4 is 4.74 Å². The first-order chi connectivity index (χ1) is 15.9. The highest BCUT2D eigenvalue weighted by Gasteiger charge is 2.45. The number of imidazole rings is 1. The van der Waals surface area contributed by atoms with E-state index in [0.717, 1.165) is 6.07 Å². The first kappa shape index (κ1) is 22.2. The summed E-state index contributed by atoms with van der Waals surface area (Å²) in [6.07, 6.45) is 5.53. The second-order valence-electron chi connectivity index (χ2n) is 7.55. The van der Waals surface area contributed by atoms with E-state index < -0.39 is 35.1 Å². The van der Waals surface area contributed by atoms with E-state index >= 15 is 0 Å². The van der Waals surface area contributed by atoms with Gasteiger partial charge >= 0.3 is 0 Å². The Morgan fingerprint density at radius 3 is 2.64 bits per heavy atom. The third kappa shape index (κ3) is 4.34.